The highest BCUT2D eigenvalue weighted by Crippen LogP contribution is 2.32. The third-order valence-corrected chi connectivity index (χ3v) is 3.63. The number of carbonyl (C=O) groups is 1. The standard InChI is InChI=1S/C14H20N2O2/c1-9(2)12-5-4-6-16(12)13-7-10(3)15-8-11(13)14(17)18/h7-9,12H,4-6H2,1-3H3,(H,17,18). The molecule has 1 unspecified atom stereocenters. The van der Waals surface area contributed by atoms with Crippen LogP contribution < -0.4 is 4.90 Å². The average molecular weight is 248 g/mol. The Kier molecular flexibility index (Phi) is 3.55. The van der Waals surface area contributed by atoms with Gasteiger partial charge in [0.2, 0.25) is 0 Å². The molecule has 0 aromatic carbocycles. The van der Waals surface area contributed by atoms with Crippen molar-refractivity contribution in [2.45, 2.75) is 39.7 Å². The summed E-state index contributed by atoms with van der Waals surface area (Å²) < 4.78 is 0. The maximum absolute atomic E-state index is 11.3. The zero-order chi connectivity index (χ0) is 13.3. The number of nitrogens with zero attached hydrogens (tertiary/aromatic N) is 2. The van der Waals surface area contributed by atoms with E-state index in [9.17, 15) is 9.90 Å². The third kappa shape index (κ3) is 2.33. The predicted molar refractivity (Wildman–Crippen MR) is 71.1 cm³/mol. The van der Waals surface area contributed by atoms with E-state index in [1.54, 1.807) is 0 Å². The quantitative estimate of drug-likeness (QED) is 0.893. The lowest BCUT2D eigenvalue weighted by molar-refractivity contribution is 0.0697. The lowest BCUT2D eigenvalue weighted by atomic mass is 10.0. The van der Waals surface area contributed by atoms with Crippen molar-refractivity contribution in [2.75, 3.05) is 11.4 Å². The van der Waals surface area contributed by atoms with E-state index in [0.29, 0.717) is 17.5 Å². The molecule has 1 aromatic rings. The van der Waals surface area contributed by atoms with Crippen LogP contribution in [0.4, 0.5) is 5.69 Å². The van der Waals surface area contributed by atoms with Gasteiger partial charge in [0.25, 0.3) is 0 Å². The van der Waals surface area contributed by atoms with Crippen LogP contribution in [0.3, 0.4) is 0 Å². The second kappa shape index (κ2) is 4.96. The average Bonchev–Trinajstić information content (AvgIpc) is 2.77. The fourth-order valence-corrected chi connectivity index (χ4v) is 2.73. The normalized spacial score (nSPS) is 19.6. The number of pyridine rings is 1. The van der Waals surface area contributed by atoms with Gasteiger partial charge in [-0.15, -0.1) is 0 Å². The maximum Gasteiger partial charge on any atom is 0.339 e. The van der Waals surface area contributed by atoms with Gasteiger partial charge in [-0.05, 0) is 31.7 Å². The minimum atomic E-state index is -0.896. The first-order valence-corrected chi connectivity index (χ1v) is 6.47. The Morgan fingerprint density at radius 2 is 2.28 bits per heavy atom. The second-order valence-electron chi connectivity index (χ2n) is 5.29. The van der Waals surface area contributed by atoms with Gasteiger partial charge in [0, 0.05) is 24.5 Å². The van der Waals surface area contributed by atoms with Crippen molar-refractivity contribution >= 4 is 11.7 Å². The second-order valence-corrected chi connectivity index (χ2v) is 5.29. The van der Waals surface area contributed by atoms with E-state index in [2.05, 4.69) is 23.7 Å². The fraction of sp³-hybridized carbons (Fsp3) is 0.571. The molecule has 0 saturated carbocycles. The van der Waals surface area contributed by atoms with Gasteiger partial charge < -0.3 is 10.0 Å². The van der Waals surface area contributed by atoms with Crippen LogP contribution in [0.25, 0.3) is 0 Å². The van der Waals surface area contributed by atoms with Crippen LogP contribution in [-0.2, 0) is 0 Å². The van der Waals surface area contributed by atoms with Crippen LogP contribution in [0.5, 0.6) is 0 Å². The lowest BCUT2D eigenvalue weighted by Gasteiger charge is -2.30. The van der Waals surface area contributed by atoms with Gasteiger partial charge in [-0.2, -0.15) is 0 Å². The molecule has 0 bridgehead atoms. The van der Waals surface area contributed by atoms with E-state index >= 15 is 0 Å². The monoisotopic (exact) mass is 248 g/mol. The van der Waals surface area contributed by atoms with E-state index in [1.165, 1.54) is 6.20 Å². The largest absolute Gasteiger partial charge is 0.478 e. The first kappa shape index (κ1) is 12.9. The van der Waals surface area contributed by atoms with Crippen molar-refractivity contribution < 1.29 is 9.90 Å². The van der Waals surface area contributed by atoms with Crippen molar-refractivity contribution in [1.29, 1.82) is 0 Å². The van der Waals surface area contributed by atoms with Crippen LogP contribution >= 0.6 is 0 Å². The summed E-state index contributed by atoms with van der Waals surface area (Å²) in [5.74, 6) is -0.366. The molecule has 0 radical (unpaired) electrons. The Balaban J connectivity index is 2.42. The molecule has 4 heteroatoms. The maximum atomic E-state index is 11.3. The summed E-state index contributed by atoms with van der Waals surface area (Å²) >= 11 is 0. The molecular weight excluding hydrogens is 228 g/mol. The highest BCUT2D eigenvalue weighted by molar-refractivity contribution is 5.94. The number of aryl methyl sites for hydroxylation is 1. The number of carboxylic acids is 1. The molecule has 1 saturated heterocycles. The van der Waals surface area contributed by atoms with Gasteiger partial charge in [0.05, 0.1) is 5.69 Å². The minimum Gasteiger partial charge on any atom is -0.478 e. The summed E-state index contributed by atoms with van der Waals surface area (Å²) in [6, 6.07) is 2.33. The lowest BCUT2D eigenvalue weighted by Crippen LogP contribution is -2.34. The minimum absolute atomic E-state index is 0.313. The highest BCUT2D eigenvalue weighted by Gasteiger charge is 2.30. The first-order chi connectivity index (χ1) is 8.50. The molecule has 0 amide bonds. The Morgan fingerprint density at radius 1 is 1.56 bits per heavy atom. The molecule has 18 heavy (non-hydrogen) atoms. The number of hydrogen-bond donors (Lipinski definition) is 1. The van der Waals surface area contributed by atoms with E-state index < -0.39 is 5.97 Å². The number of aromatic carboxylic acids is 1. The molecule has 1 N–H and O–H groups in total. The molecule has 0 aliphatic carbocycles. The number of hydrogen-bond acceptors (Lipinski definition) is 3. The molecule has 1 fully saturated rings. The van der Waals surface area contributed by atoms with E-state index in [4.69, 9.17) is 0 Å². The Morgan fingerprint density at radius 3 is 2.89 bits per heavy atom. The van der Waals surface area contributed by atoms with Crippen LogP contribution in [0.2, 0.25) is 0 Å². The summed E-state index contributed by atoms with van der Waals surface area (Å²) in [6.07, 6.45) is 3.74. The van der Waals surface area contributed by atoms with E-state index in [1.807, 2.05) is 13.0 Å². The third-order valence-electron chi connectivity index (χ3n) is 3.63. The molecule has 1 aromatic heterocycles. The summed E-state index contributed by atoms with van der Waals surface area (Å²) in [5, 5.41) is 9.28. The highest BCUT2D eigenvalue weighted by atomic mass is 16.4. The van der Waals surface area contributed by atoms with Crippen LogP contribution in [-0.4, -0.2) is 28.6 Å². The summed E-state index contributed by atoms with van der Waals surface area (Å²) in [7, 11) is 0. The number of rotatable bonds is 3. The SMILES string of the molecule is Cc1cc(N2CCCC2C(C)C)c(C(=O)O)cn1. The van der Waals surface area contributed by atoms with Crippen molar-refractivity contribution in [3.63, 3.8) is 0 Å². The Bertz CT molecular complexity index is 457. The summed E-state index contributed by atoms with van der Waals surface area (Å²) in [5.41, 5.74) is 2.00. The van der Waals surface area contributed by atoms with E-state index in [0.717, 1.165) is 30.8 Å². The van der Waals surface area contributed by atoms with Gasteiger partial charge in [-0.25, -0.2) is 4.79 Å². The summed E-state index contributed by atoms with van der Waals surface area (Å²) in [6.45, 7) is 7.22. The van der Waals surface area contributed by atoms with Gasteiger partial charge in [0.15, 0.2) is 0 Å². The van der Waals surface area contributed by atoms with Crippen molar-refractivity contribution in [2.24, 2.45) is 5.92 Å². The molecular formula is C14H20N2O2. The van der Waals surface area contributed by atoms with E-state index in [-0.39, 0.29) is 0 Å². The molecule has 1 aliphatic rings. The van der Waals surface area contributed by atoms with Gasteiger partial charge in [0.1, 0.15) is 5.56 Å². The Hall–Kier alpha value is -1.58. The molecule has 2 rings (SSSR count). The summed E-state index contributed by atoms with van der Waals surface area (Å²) in [4.78, 5) is 17.6. The van der Waals surface area contributed by atoms with Crippen LogP contribution in [0.1, 0.15) is 42.7 Å². The van der Waals surface area contributed by atoms with Gasteiger partial charge in [-0.3, -0.25) is 4.98 Å². The Labute approximate surface area is 108 Å². The molecule has 1 atom stereocenters. The zero-order valence-electron chi connectivity index (χ0n) is 11.2. The van der Waals surface area contributed by atoms with Crippen molar-refractivity contribution in [1.82, 2.24) is 4.98 Å². The van der Waals surface area contributed by atoms with Crippen LogP contribution in [0, 0.1) is 12.8 Å². The smallest absolute Gasteiger partial charge is 0.339 e. The van der Waals surface area contributed by atoms with Crippen LogP contribution in [0.15, 0.2) is 12.3 Å². The molecule has 2 heterocycles. The topological polar surface area (TPSA) is 53.4 Å². The molecule has 1 aliphatic heterocycles. The number of anilines is 1. The van der Waals surface area contributed by atoms with Gasteiger partial charge >= 0.3 is 5.97 Å². The first-order valence-electron chi connectivity index (χ1n) is 6.47. The van der Waals surface area contributed by atoms with Crippen molar-refractivity contribution in [3.8, 4) is 0 Å². The zero-order valence-corrected chi connectivity index (χ0v) is 11.2. The number of carboxylic acid groups (broad SMARTS) is 1. The van der Waals surface area contributed by atoms with Crippen molar-refractivity contribution in [3.05, 3.63) is 23.5 Å². The predicted octanol–water partition coefficient (Wildman–Crippen LogP) is 2.71. The molecule has 4 nitrogen and oxygen atoms in total. The number of aromatic nitrogens is 1. The molecule has 0 spiro atoms. The fourth-order valence-electron chi connectivity index (χ4n) is 2.73. The molecule has 98 valence electrons. The van der Waals surface area contributed by atoms with Gasteiger partial charge in [-0.1, -0.05) is 13.8 Å².